The third-order valence-corrected chi connectivity index (χ3v) is 25.6. The van der Waals surface area contributed by atoms with E-state index in [0.717, 1.165) is 22.9 Å². The van der Waals surface area contributed by atoms with Crippen LogP contribution < -0.4 is 4.74 Å². The average Bonchev–Trinajstić information content (AvgIpc) is 3.56. The van der Waals surface area contributed by atoms with Gasteiger partial charge in [0, 0.05) is 65.9 Å². The summed E-state index contributed by atoms with van der Waals surface area (Å²) in [7, 11) is -4.13. The van der Waals surface area contributed by atoms with Gasteiger partial charge in [0.1, 0.15) is 30.5 Å². The van der Waals surface area contributed by atoms with Crippen molar-refractivity contribution in [3.8, 4) is 5.75 Å². The number of Topliss-reactive ketones (excluding diaryl/α,β-unsaturated/α-hetero) is 3. The molecule has 7 atom stereocenters. The zero-order chi connectivity index (χ0) is 52.0. The molecule has 12 nitrogen and oxygen atoms in total. The van der Waals surface area contributed by atoms with E-state index in [1.54, 1.807) is 7.11 Å². The second kappa shape index (κ2) is 26.7. The number of methoxy groups -OCH3 is 1. The van der Waals surface area contributed by atoms with Crippen molar-refractivity contribution in [3.05, 3.63) is 65.7 Å². The molecule has 2 aliphatic heterocycles. The first-order valence-corrected chi connectivity index (χ1v) is 35.5. The Morgan fingerprint density at radius 1 is 0.686 bits per heavy atom. The molecule has 2 aliphatic rings. The Morgan fingerprint density at radius 2 is 1.27 bits per heavy atom. The smallest absolute Gasteiger partial charge is 0.198 e. The molecule has 0 spiro atoms. The minimum absolute atomic E-state index is 0.00239. The Kier molecular flexibility index (Phi) is 22.9. The molecule has 0 aromatic heterocycles. The Morgan fingerprint density at radius 3 is 1.89 bits per heavy atom. The third kappa shape index (κ3) is 19.5. The van der Waals surface area contributed by atoms with E-state index in [0.29, 0.717) is 65.1 Å². The van der Waals surface area contributed by atoms with Gasteiger partial charge in [-0.05, 0) is 90.7 Å². The van der Waals surface area contributed by atoms with Crippen LogP contribution in [0.2, 0.25) is 61.9 Å². The van der Waals surface area contributed by atoms with Crippen LogP contribution in [-0.4, -0.2) is 112 Å². The highest BCUT2D eigenvalue weighted by molar-refractivity contribution is 6.76. The van der Waals surface area contributed by atoms with Gasteiger partial charge in [0.15, 0.2) is 34.0 Å². The standard InChI is InChI=1S/C55H92O12Si3/c1-41-35-55(64-50(39-62-38-42-19-17-16-18-20-42)52(65-55)51(41)63-40-61-33-34-68(9,10)11)36-47(67-70(14,15)54(5,6)7)27-23-44(56)24-29-48(57)49(58)30-28-46(66-69(12,13)53(2,3)4)31-32-60-37-43-21-25-45(59-8)26-22-43/h16-22,25-26,41,46-47,50-52H,23-24,27-40H2,1-15H3/t41-,46+,47-,50+,51-,52-,55+/m1/s1. The van der Waals surface area contributed by atoms with Gasteiger partial charge in [-0.15, -0.1) is 0 Å². The third-order valence-electron chi connectivity index (χ3n) is 14.8. The summed E-state index contributed by atoms with van der Waals surface area (Å²) in [4.78, 5) is 40.2. The van der Waals surface area contributed by atoms with Crippen LogP contribution >= 0.6 is 0 Å². The molecular weight excluding hydrogens is 937 g/mol. The molecule has 0 unspecified atom stereocenters. The van der Waals surface area contributed by atoms with E-state index in [1.807, 2.05) is 54.6 Å². The highest BCUT2D eigenvalue weighted by atomic mass is 28.4. The summed E-state index contributed by atoms with van der Waals surface area (Å²) in [6, 6.07) is 18.9. The highest BCUT2D eigenvalue weighted by Gasteiger charge is 2.58. The molecule has 2 fully saturated rings. The Bertz CT molecular complexity index is 1910. The normalized spacial score (nSPS) is 21.9. The van der Waals surface area contributed by atoms with E-state index in [-0.39, 0.29) is 84.8 Å². The fourth-order valence-electron chi connectivity index (χ4n) is 8.39. The van der Waals surface area contributed by atoms with Crippen LogP contribution in [0, 0.1) is 5.92 Å². The van der Waals surface area contributed by atoms with Crippen LogP contribution in [0.15, 0.2) is 54.6 Å². The molecule has 0 N–H and O–H groups in total. The number of fused-ring (bicyclic) bond motifs is 2. The maximum Gasteiger partial charge on any atom is 0.198 e. The summed E-state index contributed by atoms with van der Waals surface area (Å²) in [5, 5.41) is -0.112. The van der Waals surface area contributed by atoms with Gasteiger partial charge in [0.05, 0.1) is 39.1 Å². The molecule has 70 heavy (non-hydrogen) atoms. The molecule has 0 radical (unpaired) electrons. The van der Waals surface area contributed by atoms with Crippen molar-refractivity contribution in [2.75, 3.05) is 33.7 Å². The van der Waals surface area contributed by atoms with Crippen LogP contribution in [0.5, 0.6) is 5.75 Å². The summed E-state index contributed by atoms with van der Waals surface area (Å²) >= 11 is 0. The predicted molar refractivity (Wildman–Crippen MR) is 285 cm³/mol. The molecule has 0 saturated carbocycles. The number of carbonyl (C=O) groups is 3. The molecular formula is C55H92O12Si3. The van der Waals surface area contributed by atoms with Crippen molar-refractivity contribution in [3.63, 3.8) is 0 Å². The van der Waals surface area contributed by atoms with Crippen LogP contribution in [0.1, 0.15) is 117 Å². The summed E-state index contributed by atoms with van der Waals surface area (Å²) in [6.07, 6.45) is 1.01. The number of carbonyl (C=O) groups excluding carboxylic acids is 3. The first kappa shape index (κ1) is 60.1. The summed E-state index contributed by atoms with van der Waals surface area (Å²) in [5.41, 5.74) is 2.11. The zero-order valence-electron chi connectivity index (χ0n) is 45.9. The van der Waals surface area contributed by atoms with Crippen molar-refractivity contribution in [2.45, 2.75) is 218 Å². The van der Waals surface area contributed by atoms with E-state index in [2.05, 4.69) is 94.3 Å². The van der Waals surface area contributed by atoms with Crippen molar-refractivity contribution in [1.29, 1.82) is 0 Å². The second-order valence-electron chi connectivity index (χ2n) is 24.2. The summed E-state index contributed by atoms with van der Waals surface area (Å²) < 4.78 is 57.8. The number of rotatable bonds is 32. The average molecular weight is 1030 g/mol. The van der Waals surface area contributed by atoms with Crippen molar-refractivity contribution >= 4 is 42.1 Å². The molecule has 2 aromatic rings. The molecule has 2 heterocycles. The van der Waals surface area contributed by atoms with E-state index < -0.39 is 42.1 Å². The topological polar surface area (TPSA) is 134 Å². The number of ketones is 3. The van der Waals surface area contributed by atoms with Gasteiger partial charge in [-0.25, -0.2) is 0 Å². The van der Waals surface area contributed by atoms with Gasteiger partial charge in [-0.3, -0.25) is 14.4 Å². The lowest BCUT2D eigenvalue weighted by atomic mass is 9.86. The van der Waals surface area contributed by atoms with Crippen LogP contribution in [0.4, 0.5) is 0 Å². The number of ether oxygens (including phenoxy) is 7. The Labute approximate surface area is 425 Å². The lowest BCUT2D eigenvalue weighted by Gasteiger charge is -2.44. The Balaban J connectivity index is 1.37. The first-order chi connectivity index (χ1) is 32.6. The fourth-order valence-corrected chi connectivity index (χ4v) is 12.0. The lowest BCUT2D eigenvalue weighted by molar-refractivity contribution is -0.252. The molecule has 396 valence electrons. The first-order valence-electron chi connectivity index (χ1n) is 25.9. The van der Waals surface area contributed by atoms with Crippen LogP contribution in [-0.2, 0) is 64.9 Å². The van der Waals surface area contributed by atoms with Gasteiger partial charge < -0.3 is 42.0 Å². The molecule has 0 amide bonds. The number of hydrogen-bond donors (Lipinski definition) is 0. The van der Waals surface area contributed by atoms with Crippen LogP contribution in [0.3, 0.4) is 0 Å². The predicted octanol–water partition coefficient (Wildman–Crippen LogP) is 12.3. The van der Waals surface area contributed by atoms with E-state index in [1.165, 1.54) is 0 Å². The molecule has 2 saturated heterocycles. The van der Waals surface area contributed by atoms with Gasteiger partial charge in [-0.1, -0.05) is 111 Å². The minimum atomic E-state index is -2.33. The van der Waals surface area contributed by atoms with Gasteiger partial charge >= 0.3 is 0 Å². The zero-order valence-corrected chi connectivity index (χ0v) is 48.9. The van der Waals surface area contributed by atoms with Crippen molar-refractivity contribution in [1.82, 2.24) is 0 Å². The van der Waals surface area contributed by atoms with E-state index in [4.69, 9.17) is 42.0 Å². The van der Waals surface area contributed by atoms with Gasteiger partial charge in [0.25, 0.3) is 0 Å². The maximum atomic E-state index is 13.6. The Hall–Kier alpha value is -2.42. The summed E-state index contributed by atoms with van der Waals surface area (Å²) in [6.45, 7) is 33.7. The number of benzene rings is 2. The quantitative estimate of drug-likeness (QED) is 0.0299. The van der Waals surface area contributed by atoms with Gasteiger partial charge in [0.2, 0.25) is 0 Å². The molecule has 0 aliphatic carbocycles. The second-order valence-corrected chi connectivity index (χ2v) is 39.3. The van der Waals surface area contributed by atoms with E-state index >= 15 is 0 Å². The molecule has 2 bridgehead atoms. The lowest BCUT2D eigenvalue weighted by Crippen LogP contribution is -2.51. The molecule has 4 rings (SSSR count). The fraction of sp³-hybridized carbons (Fsp3) is 0.727. The van der Waals surface area contributed by atoms with E-state index in [9.17, 15) is 14.4 Å². The van der Waals surface area contributed by atoms with Crippen molar-refractivity contribution < 1.29 is 56.4 Å². The summed E-state index contributed by atoms with van der Waals surface area (Å²) in [5.74, 6) is -1.14. The highest BCUT2D eigenvalue weighted by Crippen LogP contribution is 2.48. The molecule has 2 aromatic carbocycles. The van der Waals surface area contributed by atoms with Gasteiger partial charge in [-0.2, -0.15) is 0 Å². The monoisotopic (exact) mass is 1030 g/mol. The van der Waals surface area contributed by atoms with Crippen LogP contribution in [0.25, 0.3) is 0 Å². The minimum Gasteiger partial charge on any atom is -0.497 e. The largest absolute Gasteiger partial charge is 0.497 e. The molecule has 15 heteroatoms. The van der Waals surface area contributed by atoms with Crippen molar-refractivity contribution in [2.24, 2.45) is 5.92 Å². The maximum absolute atomic E-state index is 13.6. The number of hydrogen-bond acceptors (Lipinski definition) is 12. The SMILES string of the molecule is COc1ccc(COCC[C@H](CCC(=O)C(=O)CCC(=O)CC[C@H](C[C@]23C[C@@H](C)[C@@H](OCOCC[Si](C)(C)C)[C@H](O2)[C@H](COCc2ccccc2)O3)O[Si](C)(C)C(C)(C)C)O[Si](C)(C)C(C)(C)C)cc1.